The van der Waals surface area contributed by atoms with Gasteiger partial charge < -0.3 is 10.1 Å². The molecule has 1 saturated heterocycles. The molecule has 1 aliphatic rings. The zero-order chi connectivity index (χ0) is 14.4. The molecule has 0 saturated carbocycles. The van der Waals surface area contributed by atoms with Crippen molar-refractivity contribution >= 4 is 0 Å². The van der Waals surface area contributed by atoms with Gasteiger partial charge in [-0.3, -0.25) is 4.90 Å². The third kappa shape index (κ3) is 4.50. The summed E-state index contributed by atoms with van der Waals surface area (Å²) in [7, 11) is 1.75. The molecule has 3 nitrogen and oxygen atoms in total. The van der Waals surface area contributed by atoms with Gasteiger partial charge in [0, 0.05) is 31.2 Å². The van der Waals surface area contributed by atoms with E-state index in [1.807, 2.05) is 6.07 Å². The molecule has 0 bridgehead atoms. The van der Waals surface area contributed by atoms with Gasteiger partial charge in [-0.2, -0.15) is 0 Å². The van der Waals surface area contributed by atoms with E-state index in [2.05, 4.69) is 42.3 Å². The summed E-state index contributed by atoms with van der Waals surface area (Å²) < 4.78 is 5.48. The van der Waals surface area contributed by atoms with Gasteiger partial charge in [0.05, 0.1) is 7.11 Å². The first-order valence-corrected chi connectivity index (χ1v) is 7.76. The zero-order valence-electron chi connectivity index (χ0n) is 13.1. The average Bonchev–Trinajstić information content (AvgIpc) is 2.91. The van der Waals surface area contributed by atoms with Crippen LogP contribution in [0.2, 0.25) is 0 Å². The van der Waals surface area contributed by atoms with Crippen LogP contribution in [0.25, 0.3) is 0 Å². The normalized spacial score (nSPS) is 18.9. The molecule has 0 spiro atoms. The summed E-state index contributed by atoms with van der Waals surface area (Å²) in [5, 5.41) is 3.60. The fourth-order valence-corrected chi connectivity index (χ4v) is 3.02. The number of benzene rings is 1. The SMILES string of the molecule is COc1ccccc1CN(CC(C)C)CC1CCCN1. The first-order chi connectivity index (χ1) is 9.69. The Labute approximate surface area is 123 Å². The maximum atomic E-state index is 5.48. The molecule has 1 heterocycles. The molecule has 1 fully saturated rings. The van der Waals surface area contributed by atoms with Crippen molar-refractivity contribution < 1.29 is 4.74 Å². The van der Waals surface area contributed by atoms with Crippen LogP contribution in [-0.4, -0.2) is 37.7 Å². The number of nitrogens with zero attached hydrogens (tertiary/aromatic N) is 1. The monoisotopic (exact) mass is 276 g/mol. The highest BCUT2D eigenvalue weighted by Gasteiger charge is 2.19. The van der Waals surface area contributed by atoms with Gasteiger partial charge in [0.15, 0.2) is 0 Å². The fourth-order valence-electron chi connectivity index (χ4n) is 3.02. The molecular formula is C17H28N2O. The Bertz CT molecular complexity index is 400. The van der Waals surface area contributed by atoms with Crippen molar-refractivity contribution in [1.82, 2.24) is 10.2 Å². The molecule has 2 rings (SSSR count). The first kappa shape index (κ1) is 15.3. The summed E-state index contributed by atoms with van der Waals surface area (Å²) in [5.41, 5.74) is 1.29. The minimum atomic E-state index is 0.656. The molecule has 0 amide bonds. The van der Waals surface area contributed by atoms with Crippen LogP contribution in [0, 0.1) is 5.92 Å². The van der Waals surface area contributed by atoms with Crippen molar-refractivity contribution in [2.45, 2.75) is 39.3 Å². The molecule has 1 atom stereocenters. The second kappa shape index (κ2) is 7.65. The maximum absolute atomic E-state index is 5.48. The molecule has 1 aliphatic heterocycles. The number of rotatable bonds is 7. The number of para-hydroxylation sites is 1. The average molecular weight is 276 g/mol. The lowest BCUT2D eigenvalue weighted by Crippen LogP contribution is -2.39. The largest absolute Gasteiger partial charge is 0.496 e. The van der Waals surface area contributed by atoms with Crippen LogP contribution in [0.4, 0.5) is 0 Å². The van der Waals surface area contributed by atoms with Crippen molar-refractivity contribution in [2.24, 2.45) is 5.92 Å². The number of methoxy groups -OCH3 is 1. The molecule has 1 N–H and O–H groups in total. The minimum absolute atomic E-state index is 0.656. The van der Waals surface area contributed by atoms with Crippen molar-refractivity contribution in [1.29, 1.82) is 0 Å². The van der Waals surface area contributed by atoms with Crippen molar-refractivity contribution in [2.75, 3.05) is 26.7 Å². The highest BCUT2D eigenvalue weighted by atomic mass is 16.5. The number of nitrogens with one attached hydrogen (secondary N) is 1. The molecule has 20 heavy (non-hydrogen) atoms. The van der Waals surface area contributed by atoms with E-state index in [4.69, 9.17) is 4.74 Å². The van der Waals surface area contributed by atoms with Gasteiger partial charge in [0.25, 0.3) is 0 Å². The van der Waals surface area contributed by atoms with Crippen LogP contribution in [0.5, 0.6) is 5.75 Å². The van der Waals surface area contributed by atoms with Crippen LogP contribution in [-0.2, 0) is 6.54 Å². The summed E-state index contributed by atoms with van der Waals surface area (Å²) in [6.45, 7) is 9.00. The standard InChI is InChI=1S/C17H28N2O/c1-14(2)11-19(13-16-8-6-10-18-16)12-15-7-4-5-9-17(15)20-3/h4-5,7,9,14,16,18H,6,8,10-13H2,1-3H3. The zero-order valence-corrected chi connectivity index (χ0v) is 13.1. The molecule has 0 aromatic heterocycles. The Morgan fingerprint density at radius 1 is 1.35 bits per heavy atom. The molecule has 1 unspecified atom stereocenters. The van der Waals surface area contributed by atoms with E-state index < -0.39 is 0 Å². The van der Waals surface area contributed by atoms with E-state index in [-0.39, 0.29) is 0 Å². The van der Waals surface area contributed by atoms with E-state index in [1.54, 1.807) is 7.11 Å². The number of hydrogen-bond acceptors (Lipinski definition) is 3. The smallest absolute Gasteiger partial charge is 0.123 e. The molecule has 1 aromatic carbocycles. The van der Waals surface area contributed by atoms with Gasteiger partial charge in [0.2, 0.25) is 0 Å². The Balaban J connectivity index is 2.01. The van der Waals surface area contributed by atoms with Crippen LogP contribution in [0.1, 0.15) is 32.3 Å². The van der Waals surface area contributed by atoms with Gasteiger partial charge in [-0.1, -0.05) is 32.0 Å². The van der Waals surface area contributed by atoms with Crippen LogP contribution >= 0.6 is 0 Å². The Morgan fingerprint density at radius 2 is 2.15 bits per heavy atom. The quantitative estimate of drug-likeness (QED) is 0.829. The Kier molecular flexibility index (Phi) is 5.86. The fraction of sp³-hybridized carbons (Fsp3) is 0.647. The Morgan fingerprint density at radius 3 is 2.80 bits per heavy atom. The molecule has 112 valence electrons. The molecule has 0 radical (unpaired) electrons. The van der Waals surface area contributed by atoms with E-state index in [0.29, 0.717) is 12.0 Å². The third-order valence-electron chi connectivity index (χ3n) is 3.85. The minimum Gasteiger partial charge on any atom is -0.496 e. The van der Waals surface area contributed by atoms with Crippen LogP contribution in [0.15, 0.2) is 24.3 Å². The lowest BCUT2D eigenvalue weighted by atomic mass is 10.1. The van der Waals surface area contributed by atoms with Crippen molar-refractivity contribution in [3.8, 4) is 5.75 Å². The molecule has 0 aliphatic carbocycles. The second-order valence-electron chi connectivity index (χ2n) is 6.19. The lowest BCUT2D eigenvalue weighted by molar-refractivity contribution is 0.213. The predicted molar refractivity (Wildman–Crippen MR) is 84.1 cm³/mol. The first-order valence-electron chi connectivity index (χ1n) is 7.76. The number of hydrogen-bond donors (Lipinski definition) is 1. The summed E-state index contributed by atoms with van der Waals surface area (Å²) in [6, 6.07) is 9.01. The Hall–Kier alpha value is -1.06. The number of ether oxygens (including phenoxy) is 1. The highest BCUT2D eigenvalue weighted by Crippen LogP contribution is 2.20. The maximum Gasteiger partial charge on any atom is 0.123 e. The van der Waals surface area contributed by atoms with Gasteiger partial charge in [-0.25, -0.2) is 0 Å². The predicted octanol–water partition coefficient (Wildman–Crippen LogP) is 2.91. The van der Waals surface area contributed by atoms with Gasteiger partial charge in [0.1, 0.15) is 5.75 Å². The summed E-state index contributed by atoms with van der Waals surface area (Å²) >= 11 is 0. The lowest BCUT2D eigenvalue weighted by Gasteiger charge is -2.28. The van der Waals surface area contributed by atoms with Crippen molar-refractivity contribution in [3.63, 3.8) is 0 Å². The molecular weight excluding hydrogens is 248 g/mol. The van der Waals surface area contributed by atoms with Gasteiger partial charge >= 0.3 is 0 Å². The van der Waals surface area contributed by atoms with E-state index in [9.17, 15) is 0 Å². The van der Waals surface area contributed by atoms with Crippen LogP contribution < -0.4 is 10.1 Å². The molecule has 3 heteroatoms. The molecule has 1 aromatic rings. The van der Waals surface area contributed by atoms with Gasteiger partial charge in [-0.15, -0.1) is 0 Å². The van der Waals surface area contributed by atoms with E-state index >= 15 is 0 Å². The van der Waals surface area contributed by atoms with Gasteiger partial charge in [-0.05, 0) is 31.4 Å². The van der Waals surface area contributed by atoms with Crippen LogP contribution in [0.3, 0.4) is 0 Å². The van der Waals surface area contributed by atoms with E-state index in [0.717, 1.165) is 25.4 Å². The van der Waals surface area contributed by atoms with E-state index in [1.165, 1.54) is 24.9 Å². The van der Waals surface area contributed by atoms with Crippen molar-refractivity contribution in [3.05, 3.63) is 29.8 Å². The summed E-state index contributed by atoms with van der Waals surface area (Å²) in [5.74, 6) is 1.69. The third-order valence-corrected chi connectivity index (χ3v) is 3.85. The topological polar surface area (TPSA) is 24.5 Å². The highest BCUT2D eigenvalue weighted by molar-refractivity contribution is 5.33. The summed E-state index contributed by atoms with van der Waals surface area (Å²) in [4.78, 5) is 2.56. The second-order valence-corrected chi connectivity index (χ2v) is 6.19. The summed E-state index contributed by atoms with van der Waals surface area (Å²) in [6.07, 6.45) is 2.62.